The van der Waals surface area contributed by atoms with E-state index < -0.39 is 29.3 Å². The molecule has 3 aromatic rings. The van der Waals surface area contributed by atoms with Gasteiger partial charge in [0.2, 0.25) is 0 Å². The third kappa shape index (κ3) is 4.21. The van der Waals surface area contributed by atoms with Crippen molar-refractivity contribution in [2.24, 2.45) is 0 Å². The predicted molar refractivity (Wildman–Crippen MR) is 105 cm³/mol. The smallest absolute Gasteiger partial charge is 0.432 e. The number of carbonyl (C=O) groups excluding carboxylic acids is 2. The summed E-state index contributed by atoms with van der Waals surface area (Å²) in [6.45, 7) is 1.00. The second-order valence-electron chi connectivity index (χ2n) is 6.08. The number of benzene rings is 2. The fourth-order valence-corrected chi connectivity index (χ4v) is 3.52. The molecule has 1 atom stereocenters. The summed E-state index contributed by atoms with van der Waals surface area (Å²) >= 11 is 0.889. The van der Waals surface area contributed by atoms with Gasteiger partial charge in [0, 0.05) is 11.3 Å². The number of alkyl halides is 3. The standard InChI is InChI=1S/C19H16F3N3O4S/c1-2-29-15(26)18(28,19(20,21)22)11-8-9-13-14(10-11)30-17(24-13)25-16(27)23-12-6-4-3-5-7-12/h3-10,28H,2H2,1H3,(H2,23,24,25,27)/t18-/m0/s1. The van der Waals surface area contributed by atoms with Gasteiger partial charge in [0.05, 0.1) is 16.8 Å². The van der Waals surface area contributed by atoms with Crippen molar-refractivity contribution in [3.05, 3.63) is 54.1 Å². The summed E-state index contributed by atoms with van der Waals surface area (Å²) in [5, 5.41) is 15.4. The molecule has 0 unspecified atom stereocenters. The predicted octanol–water partition coefficient (Wildman–Crippen LogP) is 4.25. The Kier molecular flexibility index (Phi) is 5.94. The zero-order chi connectivity index (χ0) is 21.9. The number of fused-ring (bicyclic) bond motifs is 1. The Labute approximate surface area is 172 Å². The third-order valence-electron chi connectivity index (χ3n) is 4.04. The number of anilines is 2. The lowest BCUT2D eigenvalue weighted by atomic mass is 9.93. The van der Waals surface area contributed by atoms with E-state index in [9.17, 15) is 27.9 Å². The largest absolute Gasteiger partial charge is 0.463 e. The first-order valence-electron chi connectivity index (χ1n) is 8.65. The Morgan fingerprint density at radius 1 is 1.13 bits per heavy atom. The van der Waals surface area contributed by atoms with Crippen molar-refractivity contribution in [2.45, 2.75) is 18.7 Å². The SMILES string of the molecule is CCOC(=O)[C@@](O)(c1ccc2nc(NC(=O)Nc3ccccc3)sc2c1)C(F)(F)F. The monoisotopic (exact) mass is 439 g/mol. The molecule has 3 N–H and O–H groups in total. The van der Waals surface area contributed by atoms with E-state index in [1.165, 1.54) is 13.0 Å². The van der Waals surface area contributed by atoms with Gasteiger partial charge in [0.25, 0.3) is 5.60 Å². The minimum atomic E-state index is -5.30. The summed E-state index contributed by atoms with van der Waals surface area (Å²) in [6, 6.07) is 11.2. The average Bonchev–Trinajstić information content (AvgIpc) is 3.08. The molecule has 0 aliphatic rings. The van der Waals surface area contributed by atoms with E-state index in [4.69, 9.17) is 0 Å². The highest BCUT2D eigenvalue weighted by atomic mass is 32.1. The van der Waals surface area contributed by atoms with Crippen LogP contribution in [0.15, 0.2) is 48.5 Å². The van der Waals surface area contributed by atoms with Gasteiger partial charge >= 0.3 is 18.2 Å². The lowest BCUT2D eigenvalue weighted by Crippen LogP contribution is -2.50. The highest BCUT2D eigenvalue weighted by Crippen LogP contribution is 2.41. The van der Waals surface area contributed by atoms with Crippen LogP contribution in [0.25, 0.3) is 10.2 Å². The molecule has 1 aromatic heterocycles. The molecule has 0 fully saturated rings. The van der Waals surface area contributed by atoms with Crippen LogP contribution in [0.5, 0.6) is 0 Å². The number of ether oxygens (including phenoxy) is 1. The van der Waals surface area contributed by atoms with E-state index in [1.54, 1.807) is 30.3 Å². The van der Waals surface area contributed by atoms with Gasteiger partial charge in [-0.15, -0.1) is 0 Å². The zero-order valence-corrected chi connectivity index (χ0v) is 16.3. The molecule has 7 nitrogen and oxygen atoms in total. The van der Waals surface area contributed by atoms with Crippen molar-refractivity contribution in [1.29, 1.82) is 0 Å². The first kappa shape index (κ1) is 21.5. The maximum absolute atomic E-state index is 13.5. The van der Waals surface area contributed by atoms with Crippen molar-refractivity contribution < 1.29 is 32.6 Å². The Bertz CT molecular complexity index is 1070. The molecule has 2 aromatic carbocycles. The molecule has 0 spiro atoms. The first-order valence-corrected chi connectivity index (χ1v) is 9.47. The van der Waals surface area contributed by atoms with Gasteiger partial charge in [0.1, 0.15) is 0 Å². The molecule has 0 aliphatic carbocycles. The summed E-state index contributed by atoms with van der Waals surface area (Å²) in [5.74, 6) is -1.82. The Balaban J connectivity index is 1.88. The van der Waals surface area contributed by atoms with Crippen LogP contribution < -0.4 is 10.6 Å². The van der Waals surface area contributed by atoms with Crippen molar-refractivity contribution >= 4 is 44.4 Å². The van der Waals surface area contributed by atoms with Crippen LogP contribution in [0.1, 0.15) is 12.5 Å². The van der Waals surface area contributed by atoms with Crippen LogP contribution in [-0.2, 0) is 15.1 Å². The number of hydrogen-bond acceptors (Lipinski definition) is 6. The van der Waals surface area contributed by atoms with E-state index in [1.807, 2.05) is 0 Å². The van der Waals surface area contributed by atoms with Crippen molar-refractivity contribution in [3.63, 3.8) is 0 Å². The topological polar surface area (TPSA) is 101 Å². The number of aromatic nitrogens is 1. The number of aliphatic hydroxyl groups is 1. The lowest BCUT2D eigenvalue weighted by Gasteiger charge is -2.28. The highest BCUT2D eigenvalue weighted by molar-refractivity contribution is 7.22. The number of halogens is 3. The van der Waals surface area contributed by atoms with Gasteiger partial charge in [0.15, 0.2) is 5.13 Å². The van der Waals surface area contributed by atoms with Gasteiger partial charge in [-0.1, -0.05) is 35.6 Å². The van der Waals surface area contributed by atoms with E-state index in [0.29, 0.717) is 5.69 Å². The molecule has 11 heteroatoms. The number of carbonyl (C=O) groups is 2. The minimum absolute atomic E-state index is 0.127. The van der Waals surface area contributed by atoms with Gasteiger partial charge < -0.3 is 15.2 Å². The van der Waals surface area contributed by atoms with E-state index in [2.05, 4.69) is 20.4 Å². The number of para-hydroxylation sites is 1. The minimum Gasteiger partial charge on any atom is -0.463 e. The van der Waals surface area contributed by atoms with Gasteiger partial charge in [-0.05, 0) is 31.2 Å². The number of urea groups is 1. The van der Waals surface area contributed by atoms with Crippen LogP contribution in [0, 0.1) is 0 Å². The van der Waals surface area contributed by atoms with Gasteiger partial charge in [-0.2, -0.15) is 13.2 Å². The van der Waals surface area contributed by atoms with Crippen LogP contribution in [0.4, 0.5) is 28.8 Å². The van der Waals surface area contributed by atoms with Gasteiger partial charge in [-0.25, -0.2) is 14.6 Å². The molecule has 0 saturated heterocycles. The van der Waals surface area contributed by atoms with Crippen molar-refractivity contribution in [3.8, 4) is 0 Å². The number of hydrogen-bond donors (Lipinski definition) is 3. The molecule has 0 aliphatic heterocycles. The fraction of sp³-hybridized carbons (Fsp3) is 0.211. The molecule has 158 valence electrons. The summed E-state index contributed by atoms with van der Waals surface area (Å²) in [5.41, 5.74) is -3.69. The van der Waals surface area contributed by atoms with E-state index >= 15 is 0 Å². The summed E-state index contributed by atoms with van der Waals surface area (Å²) in [7, 11) is 0. The van der Waals surface area contributed by atoms with Crippen LogP contribution in [0.3, 0.4) is 0 Å². The second-order valence-corrected chi connectivity index (χ2v) is 7.11. The Morgan fingerprint density at radius 3 is 2.47 bits per heavy atom. The number of nitrogens with one attached hydrogen (secondary N) is 2. The lowest BCUT2D eigenvalue weighted by molar-refractivity contribution is -0.267. The summed E-state index contributed by atoms with van der Waals surface area (Å²) in [4.78, 5) is 28.1. The summed E-state index contributed by atoms with van der Waals surface area (Å²) < 4.78 is 45.2. The molecule has 1 heterocycles. The van der Waals surface area contributed by atoms with Crippen molar-refractivity contribution in [2.75, 3.05) is 17.2 Å². The number of thiazole rings is 1. The van der Waals surface area contributed by atoms with E-state index in [-0.39, 0.29) is 22.0 Å². The van der Waals surface area contributed by atoms with Crippen LogP contribution >= 0.6 is 11.3 Å². The maximum Gasteiger partial charge on any atom is 0.432 e. The van der Waals surface area contributed by atoms with Crippen LogP contribution in [-0.4, -0.2) is 34.9 Å². The van der Waals surface area contributed by atoms with E-state index in [0.717, 1.165) is 23.5 Å². The molecule has 3 rings (SSSR count). The number of esters is 1. The zero-order valence-electron chi connectivity index (χ0n) is 15.5. The molecular weight excluding hydrogens is 423 g/mol. The number of rotatable bonds is 5. The second kappa shape index (κ2) is 8.28. The maximum atomic E-state index is 13.5. The number of amides is 2. The third-order valence-corrected chi connectivity index (χ3v) is 4.97. The fourth-order valence-electron chi connectivity index (χ4n) is 2.62. The number of nitrogens with zero attached hydrogens (tertiary/aromatic N) is 1. The molecule has 0 bridgehead atoms. The normalized spacial score (nSPS) is 13.5. The Morgan fingerprint density at radius 2 is 1.83 bits per heavy atom. The first-order chi connectivity index (χ1) is 14.1. The Hall–Kier alpha value is -3.18. The molecule has 30 heavy (non-hydrogen) atoms. The molecule has 2 amide bonds. The quantitative estimate of drug-likeness (QED) is 0.516. The molecule has 0 radical (unpaired) electrons. The highest BCUT2D eigenvalue weighted by Gasteiger charge is 2.62. The van der Waals surface area contributed by atoms with Gasteiger partial charge in [-0.3, -0.25) is 5.32 Å². The average molecular weight is 439 g/mol. The molecule has 0 saturated carbocycles. The summed E-state index contributed by atoms with van der Waals surface area (Å²) in [6.07, 6.45) is -5.30. The molecular formula is C19H16F3N3O4S. The van der Waals surface area contributed by atoms with Crippen LogP contribution in [0.2, 0.25) is 0 Å². The van der Waals surface area contributed by atoms with Crippen molar-refractivity contribution in [1.82, 2.24) is 4.98 Å².